The van der Waals surface area contributed by atoms with Gasteiger partial charge in [-0.3, -0.25) is 14.9 Å². The highest BCUT2D eigenvalue weighted by molar-refractivity contribution is 5.97. The van der Waals surface area contributed by atoms with Crippen LogP contribution in [0.4, 0.5) is 27.8 Å². The topological polar surface area (TPSA) is 106 Å². The first-order valence-corrected chi connectivity index (χ1v) is 18.4. The van der Waals surface area contributed by atoms with Crippen LogP contribution in [-0.2, 0) is 0 Å². The largest absolute Gasteiger partial charge is 0.366 e. The van der Waals surface area contributed by atoms with Gasteiger partial charge >= 0.3 is 6.03 Å². The molecule has 50 heavy (non-hydrogen) atoms. The maximum absolute atomic E-state index is 13.2. The van der Waals surface area contributed by atoms with E-state index in [0.717, 1.165) is 110 Å². The van der Waals surface area contributed by atoms with E-state index in [9.17, 15) is 4.79 Å². The summed E-state index contributed by atoms with van der Waals surface area (Å²) in [5.41, 5.74) is 8.40. The quantitative estimate of drug-likeness (QED) is 0.270. The summed E-state index contributed by atoms with van der Waals surface area (Å²) >= 11 is 0. The zero-order chi connectivity index (χ0) is 34.0. The highest BCUT2D eigenvalue weighted by Crippen LogP contribution is 2.41. The number of urea groups is 1. The lowest BCUT2D eigenvalue weighted by atomic mass is 10.1. The first kappa shape index (κ1) is 32.4. The van der Waals surface area contributed by atoms with E-state index in [-0.39, 0.29) is 12.1 Å². The Labute approximate surface area is 295 Å². The van der Waals surface area contributed by atoms with Gasteiger partial charge in [0.1, 0.15) is 0 Å². The third-order valence-electron chi connectivity index (χ3n) is 10.6. The molecule has 0 spiro atoms. The Kier molecular flexibility index (Phi) is 9.23. The number of carbonyl (C=O) groups is 1. The number of likely N-dealkylation sites (tertiary alicyclic amines) is 1. The monoisotopic (exact) mass is 672 g/mol. The third kappa shape index (κ3) is 6.70. The van der Waals surface area contributed by atoms with Crippen molar-refractivity contribution in [2.24, 2.45) is 0 Å². The van der Waals surface area contributed by atoms with Crippen molar-refractivity contribution in [2.45, 2.75) is 64.5 Å². The van der Waals surface area contributed by atoms with Gasteiger partial charge in [-0.1, -0.05) is 0 Å². The van der Waals surface area contributed by atoms with Crippen molar-refractivity contribution in [1.29, 1.82) is 0 Å². The number of anilines is 4. The molecule has 4 bridgehead atoms. The Hall–Kier alpha value is -4.77. The molecular formula is C39H48N10O. The summed E-state index contributed by atoms with van der Waals surface area (Å²) in [6, 6.07) is 17.5. The molecule has 4 fully saturated rings. The van der Waals surface area contributed by atoms with Gasteiger partial charge in [0.05, 0.1) is 28.8 Å². The summed E-state index contributed by atoms with van der Waals surface area (Å²) in [6.45, 7) is 12.4. The molecule has 2 amide bonds. The minimum atomic E-state index is 0.130. The van der Waals surface area contributed by atoms with Crippen LogP contribution in [0.25, 0.3) is 22.5 Å². The number of aryl methyl sites for hydroxylation is 2. The fourth-order valence-corrected chi connectivity index (χ4v) is 7.98. The lowest BCUT2D eigenvalue weighted by molar-refractivity contribution is 0.213. The first-order chi connectivity index (χ1) is 24.5. The molecule has 4 saturated heterocycles. The maximum Gasteiger partial charge on any atom is 0.326 e. The van der Waals surface area contributed by atoms with Crippen molar-refractivity contribution in [3.63, 3.8) is 0 Å². The molecule has 0 saturated carbocycles. The molecule has 10 rings (SSSR count). The fraction of sp³-hybridized carbons (Fsp3) is 0.462. The lowest BCUT2D eigenvalue weighted by Gasteiger charge is -2.37. The molecule has 2 atom stereocenters. The number of amides is 2. The number of nitrogens with zero attached hydrogens (tertiary/aromatic N) is 8. The van der Waals surface area contributed by atoms with Crippen LogP contribution in [0.2, 0.25) is 0 Å². The highest BCUT2D eigenvalue weighted by atomic mass is 16.2. The molecule has 10 heterocycles. The molecule has 6 aliphatic rings. The average molecular weight is 673 g/mol. The number of hydrogen-bond donors (Lipinski definition) is 2. The normalized spacial score (nSPS) is 21.1. The Morgan fingerprint density at radius 2 is 1.36 bits per heavy atom. The molecular weight excluding hydrogens is 624 g/mol. The van der Waals surface area contributed by atoms with Gasteiger partial charge in [0.25, 0.3) is 0 Å². The molecule has 6 aliphatic heterocycles. The van der Waals surface area contributed by atoms with E-state index < -0.39 is 0 Å². The zero-order valence-electron chi connectivity index (χ0n) is 29.3. The SMILES string of the molecule is C1CCNC1.Cc1cc(-c2ccc3c(n2)N(C(=O)N2CCCC2)[C@H]2CCN3C2)ccn1.Cc1cc(-c2ccc3c(n2)N[C@H]2CCN3C2)ccn1. The Balaban J connectivity index is 0.000000131. The minimum Gasteiger partial charge on any atom is -0.366 e. The summed E-state index contributed by atoms with van der Waals surface area (Å²) in [5.74, 6) is 1.85. The molecule has 260 valence electrons. The van der Waals surface area contributed by atoms with Crippen LogP contribution in [0.3, 0.4) is 0 Å². The van der Waals surface area contributed by atoms with Gasteiger partial charge in [-0.05, 0) is 114 Å². The predicted octanol–water partition coefficient (Wildman–Crippen LogP) is 5.89. The zero-order valence-corrected chi connectivity index (χ0v) is 29.3. The van der Waals surface area contributed by atoms with Crippen LogP contribution < -0.4 is 25.3 Å². The summed E-state index contributed by atoms with van der Waals surface area (Å²) < 4.78 is 0. The molecule has 0 aliphatic carbocycles. The first-order valence-electron chi connectivity index (χ1n) is 18.4. The Morgan fingerprint density at radius 1 is 0.720 bits per heavy atom. The van der Waals surface area contributed by atoms with Crippen LogP contribution >= 0.6 is 0 Å². The van der Waals surface area contributed by atoms with Crippen molar-refractivity contribution in [3.8, 4) is 22.5 Å². The summed E-state index contributed by atoms with van der Waals surface area (Å²) in [4.78, 5) is 40.2. The number of rotatable bonds is 2. The molecule has 0 aromatic carbocycles. The summed E-state index contributed by atoms with van der Waals surface area (Å²) in [6.07, 6.45) is 10.9. The van der Waals surface area contributed by atoms with Crippen molar-refractivity contribution in [3.05, 3.63) is 72.3 Å². The molecule has 4 aromatic heterocycles. The van der Waals surface area contributed by atoms with E-state index in [1.807, 2.05) is 54.2 Å². The van der Waals surface area contributed by atoms with Crippen molar-refractivity contribution in [1.82, 2.24) is 30.2 Å². The Morgan fingerprint density at radius 3 is 2.02 bits per heavy atom. The molecule has 0 radical (unpaired) electrons. The summed E-state index contributed by atoms with van der Waals surface area (Å²) in [7, 11) is 0. The van der Waals surface area contributed by atoms with Crippen molar-refractivity contribution >= 4 is 29.0 Å². The number of pyridine rings is 4. The van der Waals surface area contributed by atoms with Gasteiger partial charge in [-0.25, -0.2) is 14.8 Å². The molecule has 11 nitrogen and oxygen atoms in total. The van der Waals surface area contributed by atoms with E-state index in [4.69, 9.17) is 9.97 Å². The van der Waals surface area contributed by atoms with Crippen LogP contribution in [0, 0.1) is 13.8 Å². The van der Waals surface area contributed by atoms with E-state index in [2.05, 4.69) is 60.7 Å². The second kappa shape index (κ2) is 14.2. The predicted molar refractivity (Wildman–Crippen MR) is 200 cm³/mol. The fourth-order valence-electron chi connectivity index (χ4n) is 7.98. The van der Waals surface area contributed by atoms with E-state index >= 15 is 0 Å². The van der Waals surface area contributed by atoms with Gasteiger partial charge in [-0.15, -0.1) is 0 Å². The number of nitrogens with one attached hydrogen (secondary N) is 2. The second-order valence-electron chi connectivity index (χ2n) is 14.2. The second-order valence-corrected chi connectivity index (χ2v) is 14.2. The van der Waals surface area contributed by atoms with Gasteiger partial charge in [0.15, 0.2) is 11.6 Å². The van der Waals surface area contributed by atoms with E-state index in [1.165, 1.54) is 38.0 Å². The van der Waals surface area contributed by atoms with Gasteiger partial charge < -0.3 is 25.3 Å². The van der Waals surface area contributed by atoms with E-state index in [0.29, 0.717) is 6.04 Å². The standard InChI is InChI=1S/C20H23N5O.C15H16N4.C4H9N/c1-14-12-15(6-8-21-14)17-4-5-18-19(22-17)25(16-7-11-24(18)13-16)20(26)23-9-2-3-10-23;1-10-8-11(4-6-16-10)13-2-3-14-15(18-13)17-12-5-7-19(14)9-12;1-2-4-5-3-1/h4-6,8,12,16H,2-3,7,9-11,13H2,1H3;2-4,6,8,12H,5,7,9H2,1H3,(H,17,18);5H,1-4H2/t16-;12-;/m00./s1. The maximum atomic E-state index is 13.2. The Bertz CT molecular complexity index is 1830. The third-order valence-corrected chi connectivity index (χ3v) is 10.6. The average Bonchev–Trinajstić information content (AvgIpc) is 3.98. The minimum absolute atomic E-state index is 0.130. The van der Waals surface area contributed by atoms with Crippen molar-refractivity contribution in [2.75, 3.05) is 72.4 Å². The molecule has 4 aromatic rings. The van der Waals surface area contributed by atoms with Crippen LogP contribution in [0.15, 0.2) is 60.9 Å². The molecule has 2 N–H and O–H groups in total. The van der Waals surface area contributed by atoms with Gasteiger partial charge in [-0.2, -0.15) is 0 Å². The van der Waals surface area contributed by atoms with Crippen LogP contribution in [0.5, 0.6) is 0 Å². The lowest BCUT2D eigenvalue weighted by Crippen LogP contribution is -2.51. The van der Waals surface area contributed by atoms with E-state index in [1.54, 1.807) is 0 Å². The van der Waals surface area contributed by atoms with Crippen molar-refractivity contribution < 1.29 is 4.79 Å². The number of carbonyl (C=O) groups excluding carboxylic acids is 1. The van der Waals surface area contributed by atoms with Crippen LogP contribution in [-0.4, -0.2) is 95.3 Å². The molecule has 0 unspecified atom stereocenters. The number of fused-ring (bicyclic) bond motifs is 8. The highest BCUT2D eigenvalue weighted by Gasteiger charge is 2.42. The number of aromatic nitrogens is 4. The smallest absolute Gasteiger partial charge is 0.326 e. The van der Waals surface area contributed by atoms with Gasteiger partial charge in [0, 0.05) is 80.2 Å². The number of hydrogen-bond acceptors (Lipinski definition) is 9. The summed E-state index contributed by atoms with van der Waals surface area (Å²) in [5, 5.41) is 6.77. The van der Waals surface area contributed by atoms with Gasteiger partial charge in [0.2, 0.25) is 0 Å². The molecule has 11 heteroatoms. The van der Waals surface area contributed by atoms with Crippen LogP contribution in [0.1, 0.15) is 49.9 Å².